The third kappa shape index (κ3) is 4.36. The highest BCUT2D eigenvalue weighted by Gasteiger charge is 2.25. The minimum Gasteiger partial charge on any atom is -0.490 e. The second-order valence-corrected chi connectivity index (χ2v) is 8.42. The molecule has 1 amide bonds. The van der Waals surface area contributed by atoms with Gasteiger partial charge in [0.05, 0.1) is 5.39 Å². The molecule has 1 saturated heterocycles. The first-order chi connectivity index (χ1) is 14.8. The van der Waals surface area contributed by atoms with Gasteiger partial charge in [-0.2, -0.15) is 0 Å². The molecule has 2 aromatic heterocycles. The molecule has 0 unspecified atom stereocenters. The number of amides is 1. The van der Waals surface area contributed by atoms with Gasteiger partial charge in [-0.1, -0.05) is 18.2 Å². The number of benzene rings is 1. The number of carbonyl (C=O) groups is 1. The number of likely N-dealkylation sites (tertiary alicyclic amines) is 1. The summed E-state index contributed by atoms with van der Waals surface area (Å²) in [5.41, 5.74) is 5.04. The highest BCUT2D eigenvalue weighted by molar-refractivity contribution is 5.85. The average molecular weight is 423 g/mol. The van der Waals surface area contributed by atoms with Gasteiger partial charge in [0.25, 0.3) is 5.91 Å². The molecular formula is C24H30N4O3. The predicted molar refractivity (Wildman–Crippen MR) is 120 cm³/mol. The fraction of sp³-hybridized carbons (Fsp3) is 0.458. The molecule has 1 fully saturated rings. The number of para-hydroxylation sites is 1. The quantitative estimate of drug-likeness (QED) is 0.628. The van der Waals surface area contributed by atoms with Gasteiger partial charge in [-0.05, 0) is 50.5 Å². The fourth-order valence-electron chi connectivity index (χ4n) is 4.25. The number of nitrogens with zero attached hydrogens (tertiary/aromatic N) is 4. The summed E-state index contributed by atoms with van der Waals surface area (Å²) in [6.45, 7) is 9.41. The number of pyridine rings is 1. The maximum absolute atomic E-state index is 12.7. The lowest BCUT2D eigenvalue weighted by atomic mass is 10.1. The molecule has 4 rings (SSSR count). The third-order valence-corrected chi connectivity index (χ3v) is 5.91. The minimum atomic E-state index is -0.0259. The molecule has 1 aliphatic heterocycles. The number of hydrogen-bond acceptors (Lipinski definition) is 5. The van der Waals surface area contributed by atoms with Gasteiger partial charge in [-0.3, -0.25) is 4.79 Å². The lowest BCUT2D eigenvalue weighted by Gasteiger charge is -2.32. The number of aromatic nitrogens is 3. The van der Waals surface area contributed by atoms with Crippen LogP contribution >= 0.6 is 0 Å². The summed E-state index contributed by atoms with van der Waals surface area (Å²) in [6, 6.07) is 8.18. The molecule has 0 radical (unpaired) electrons. The van der Waals surface area contributed by atoms with Crippen molar-refractivity contribution in [2.75, 3.05) is 19.7 Å². The summed E-state index contributed by atoms with van der Waals surface area (Å²) in [6.07, 6.45) is 1.75. The Hall–Kier alpha value is -3.09. The molecule has 7 nitrogen and oxygen atoms in total. The second-order valence-electron chi connectivity index (χ2n) is 8.42. The largest absolute Gasteiger partial charge is 0.490 e. The third-order valence-electron chi connectivity index (χ3n) is 5.91. The van der Waals surface area contributed by atoms with Crippen molar-refractivity contribution in [3.63, 3.8) is 0 Å². The summed E-state index contributed by atoms with van der Waals surface area (Å²) in [5, 5.41) is 5.29. The molecule has 0 N–H and O–H groups in total. The Morgan fingerprint density at radius 2 is 1.77 bits per heavy atom. The lowest BCUT2D eigenvalue weighted by Crippen LogP contribution is -2.43. The maximum Gasteiger partial charge on any atom is 0.260 e. The average Bonchev–Trinajstić information content (AvgIpc) is 3.05. The molecule has 3 aromatic rings. The highest BCUT2D eigenvalue weighted by Crippen LogP contribution is 2.28. The topological polar surface area (TPSA) is 69.5 Å². The fourth-order valence-corrected chi connectivity index (χ4v) is 4.25. The van der Waals surface area contributed by atoms with E-state index in [4.69, 9.17) is 9.47 Å². The van der Waals surface area contributed by atoms with E-state index in [-0.39, 0.29) is 18.6 Å². The van der Waals surface area contributed by atoms with Crippen molar-refractivity contribution in [1.29, 1.82) is 0 Å². The van der Waals surface area contributed by atoms with E-state index >= 15 is 0 Å². The normalized spacial score (nSPS) is 14.8. The van der Waals surface area contributed by atoms with Crippen LogP contribution in [0.1, 0.15) is 35.2 Å². The van der Waals surface area contributed by atoms with Crippen LogP contribution in [0.5, 0.6) is 11.6 Å². The molecule has 0 atom stereocenters. The van der Waals surface area contributed by atoms with Crippen molar-refractivity contribution in [2.24, 2.45) is 7.05 Å². The molecular weight excluding hydrogens is 392 g/mol. The summed E-state index contributed by atoms with van der Waals surface area (Å²) in [5.74, 6) is 1.41. The number of rotatable bonds is 5. The number of aryl methyl sites for hydroxylation is 5. The van der Waals surface area contributed by atoms with E-state index in [0.717, 1.165) is 52.0 Å². The SMILES string of the molecule is Cc1cc(C)c2c(OCC(=O)N3CCC(Oc4c(C)cccc4C)CC3)nn(C)c2n1. The molecule has 0 saturated carbocycles. The number of hydrogen-bond donors (Lipinski definition) is 0. The summed E-state index contributed by atoms with van der Waals surface area (Å²) in [4.78, 5) is 19.1. The van der Waals surface area contributed by atoms with Gasteiger partial charge < -0.3 is 14.4 Å². The van der Waals surface area contributed by atoms with Crippen molar-refractivity contribution in [3.8, 4) is 11.6 Å². The van der Waals surface area contributed by atoms with E-state index in [0.29, 0.717) is 19.0 Å². The number of carbonyl (C=O) groups excluding carboxylic acids is 1. The Labute approximate surface area is 183 Å². The van der Waals surface area contributed by atoms with E-state index < -0.39 is 0 Å². The maximum atomic E-state index is 12.7. The van der Waals surface area contributed by atoms with Crippen LogP contribution in [0.25, 0.3) is 11.0 Å². The Balaban J connectivity index is 1.34. The Kier molecular flexibility index (Phi) is 5.85. The van der Waals surface area contributed by atoms with Crippen molar-refractivity contribution >= 4 is 16.9 Å². The van der Waals surface area contributed by atoms with Crippen LogP contribution in [0.2, 0.25) is 0 Å². The van der Waals surface area contributed by atoms with Crippen LogP contribution in [0.3, 0.4) is 0 Å². The number of ether oxygens (including phenoxy) is 2. The number of fused-ring (bicyclic) bond motifs is 1. The van der Waals surface area contributed by atoms with Gasteiger partial charge in [0, 0.05) is 38.7 Å². The molecule has 1 aromatic carbocycles. The highest BCUT2D eigenvalue weighted by atomic mass is 16.5. The second kappa shape index (κ2) is 8.57. The van der Waals surface area contributed by atoms with Gasteiger partial charge in [0.1, 0.15) is 11.9 Å². The molecule has 7 heteroatoms. The van der Waals surface area contributed by atoms with Crippen LogP contribution < -0.4 is 9.47 Å². The standard InChI is InChI=1S/C24H30N4O3/c1-15-7-6-8-16(2)22(15)31-19-9-11-28(12-10-19)20(29)14-30-24-21-17(3)13-18(4)25-23(21)27(5)26-24/h6-8,13,19H,9-12,14H2,1-5H3. The van der Waals surface area contributed by atoms with E-state index in [1.54, 1.807) is 4.68 Å². The first-order valence-electron chi connectivity index (χ1n) is 10.8. The van der Waals surface area contributed by atoms with Gasteiger partial charge in [0.15, 0.2) is 12.3 Å². The monoisotopic (exact) mass is 422 g/mol. The van der Waals surface area contributed by atoms with Crippen molar-refractivity contribution in [1.82, 2.24) is 19.7 Å². The Bertz CT molecular complexity index is 1090. The minimum absolute atomic E-state index is 0.0259. The molecule has 1 aliphatic rings. The Morgan fingerprint density at radius 3 is 2.45 bits per heavy atom. The lowest BCUT2D eigenvalue weighted by molar-refractivity contribution is -0.135. The molecule has 0 bridgehead atoms. The number of piperidine rings is 1. The van der Waals surface area contributed by atoms with Gasteiger partial charge >= 0.3 is 0 Å². The smallest absolute Gasteiger partial charge is 0.260 e. The van der Waals surface area contributed by atoms with Crippen molar-refractivity contribution in [3.05, 3.63) is 46.6 Å². The zero-order valence-corrected chi connectivity index (χ0v) is 18.9. The van der Waals surface area contributed by atoms with Crippen LogP contribution in [-0.4, -0.2) is 51.4 Å². The predicted octanol–water partition coefficient (Wildman–Crippen LogP) is 3.65. The zero-order chi connectivity index (χ0) is 22.1. The van der Waals surface area contributed by atoms with E-state index in [9.17, 15) is 4.79 Å². The molecule has 0 spiro atoms. The van der Waals surface area contributed by atoms with Crippen molar-refractivity contribution < 1.29 is 14.3 Å². The van der Waals surface area contributed by atoms with E-state index in [1.165, 1.54) is 0 Å². The van der Waals surface area contributed by atoms with Gasteiger partial charge in [0.2, 0.25) is 5.88 Å². The molecule has 3 heterocycles. The summed E-state index contributed by atoms with van der Waals surface area (Å²) >= 11 is 0. The van der Waals surface area contributed by atoms with E-state index in [1.807, 2.05) is 37.9 Å². The summed E-state index contributed by atoms with van der Waals surface area (Å²) in [7, 11) is 1.84. The van der Waals surface area contributed by atoms with Crippen LogP contribution in [0, 0.1) is 27.7 Å². The van der Waals surface area contributed by atoms with Crippen molar-refractivity contribution in [2.45, 2.75) is 46.6 Å². The van der Waals surface area contributed by atoms with Crippen LogP contribution in [0.4, 0.5) is 0 Å². The molecule has 0 aliphatic carbocycles. The van der Waals surface area contributed by atoms with Gasteiger partial charge in [-0.25, -0.2) is 9.67 Å². The molecule has 164 valence electrons. The van der Waals surface area contributed by atoms with Crippen LogP contribution in [-0.2, 0) is 11.8 Å². The summed E-state index contributed by atoms with van der Waals surface area (Å²) < 4.78 is 13.8. The first-order valence-corrected chi connectivity index (χ1v) is 10.8. The zero-order valence-electron chi connectivity index (χ0n) is 18.9. The molecule has 31 heavy (non-hydrogen) atoms. The van der Waals surface area contributed by atoms with E-state index in [2.05, 4.69) is 36.1 Å². The Morgan fingerprint density at radius 1 is 1.10 bits per heavy atom. The first kappa shape index (κ1) is 21.2. The van der Waals surface area contributed by atoms with Crippen LogP contribution in [0.15, 0.2) is 24.3 Å². The van der Waals surface area contributed by atoms with Gasteiger partial charge in [-0.15, -0.1) is 5.10 Å².